The zero-order valence-electron chi connectivity index (χ0n) is 9.16. The van der Waals surface area contributed by atoms with E-state index in [9.17, 15) is 4.39 Å². The number of pyridine rings is 1. The Balaban J connectivity index is 2.16. The fourth-order valence-electron chi connectivity index (χ4n) is 1.34. The van der Waals surface area contributed by atoms with Crippen LogP contribution in [0.2, 0.25) is 5.02 Å². The summed E-state index contributed by atoms with van der Waals surface area (Å²) in [4.78, 5) is 3.93. The molecule has 0 saturated carbocycles. The van der Waals surface area contributed by atoms with Crippen molar-refractivity contribution in [2.75, 3.05) is 5.73 Å². The maximum Gasteiger partial charge on any atom is 0.141 e. The van der Waals surface area contributed by atoms with Crippen LogP contribution in [-0.2, 0) is 6.61 Å². The Bertz CT molecular complexity index is 580. The molecule has 0 bridgehead atoms. The molecular weight excluding hydrogens is 322 g/mol. The number of nitrogens with zero attached hydrogens (tertiary/aromatic N) is 1. The minimum Gasteiger partial charge on any atom is -0.487 e. The van der Waals surface area contributed by atoms with Gasteiger partial charge in [-0.3, -0.25) is 0 Å². The van der Waals surface area contributed by atoms with Gasteiger partial charge in [0.2, 0.25) is 0 Å². The minimum atomic E-state index is -0.437. The standard InChI is InChI=1S/C12H9BrClFN2O/c13-8-4-9(14)11(5-10(8)15)18-6-7-2-1-3-17-12(7)16/h1-5H,6H2,(H2,16,17). The Morgan fingerprint density at radius 1 is 1.44 bits per heavy atom. The van der Waals surface area contributed by atoms with Gasteiger partial charge in [-0.2, -0.15) is 0 Å². The van der Waals surface area contributed by atoms with E-state index in [-0.39, 0.29) is 12.4 Å². The Labute approximate surface area is 117 Å². The number of nitrogen functional groups attached to an aromatic ring is 1. The number of anilines is 1. The second-order valence-corrected chi connectivity index (χ2v) is 4.79. The molecule has 1 aromatic carbocycles. The van der Waals surface area contributed by atoms with Crippen LogP contribution in [0, 0.1) is 5.82 Å². The van der Waals surface area contributed by atoms with Crippen molar-refractivity contribution in [2.24, 2.45) is 0 Å². The summed E-state index contributed by atoms with van der Waals surface area (Å²) in [6, 6.07) is 6.20. The van der Waals surface area contributed by atoms with Gasteiger partial charge in [-0.25, -0.2) is 9.37 Å². The number of hydrogen-bond donors (Lipinski definition) is 1. The maximum absolute atomic E-state index is 13.3. The number of halogens is 3. The molecule has 18 heavy (non-hydrogen) atoms. The fraction of sp³-hybridized carbons (Fsp3) is 0.0833. The lowest BCUT2D eigenvalue weighted by Gasteiger charge is -2.10. The average molecular weight is 332 g/mol. The molecule has 1 aromatic heterocycles. The SMILES string of the molecule is Nc1ncccc1COc1cc(F)c(Br)cc1Cl. The number of hydrogen-bond acceptors (Lipinski definition) is 3. The molecule has 94 valence electrons. The number of nitrogens with two attached hydrogens (primary N) is 1. The van der Waals surface area contributed by atoms with Gasteiger partial charge < -0.3 is 10.5 Å². The van der Waals surface area contributed by atoms with Crippen LogP contribution in [0.5, 0.6) is 5.75 Å². The Morgan fingerprint density at radius 2 is 2.22 bits per heavy atom. The molecule has 2 rings (SSSR count). The molecular formula is C12H9BrClFN2O. The van der Waals surface area contributed by atoms with Gasteiger partial charge >= 0.3 is 0 Å². The van der Waals surface area contributed by atoms with Crippen molar-refractivity contribution in [1.82, 2.24) is 4.98 Å². The summed E-state index contributed by atoms with van der Waals surface area (Å²) in [6.45, 7) is 0.181. The summed E-state index contributed by atoms with van der Waals surface area (Å²) in [7, 11) is 0. The molecule has 6 heteroatoms. The first kappa shape index (κ1) is 13.1. The molecule has 0 spiro atoms. The highest BCUT2D eigenvalue weighted by atomic mass is 79.9. The number of ether oxygens (including phenoxy) is 1. The van der Waals surface area contributed by atoms with E-state index in [0.29, 0.717) is 15.3 Å². The third-order valence-electron chi connectivity index (χ3n) is 2.28. The fourth-order valence-corrected chi connectivity index (χ4v) is 2.04. The van der Waals surface area contributed by atoms with Crippen LogP contribution in [0.15, 0.2) is 34.9 Å². The first-order valence-corrected chi connectivity index (χ1v) is 6.21. The van der Waals surface area contributed by atoms with Crippen molar-refractivity contribution in [3.05, 3.63) is 51.3 Å². The molecule has 2 N–H and O–H groups in total. The normalized spacial score (nSPS) is 10.4. The topological polar surface area (TPSA) is 48.1 Å². The number of benzene rings is 1. The van der Waals surface area contributed by atoms with Crippen LogP contribution in [0.25, 0.3) is 0 Å². The van der Waals surface area contributed by atoms with Gasteiger partial charge in [-0.15, -0.1) is 0 Å². The largest absolute Gasteiger partial charge is 0.487 e. The zero-order valence-corrected chi connectivity index (χ0v) is 11.5. The van der Waals surface area contributed by atoms with E-state index in [1.165, 1.54) is 12.1 Å². The first-order chi connectivity index (χ1) is 8.58. The van der Waals surface area contributed by atoms with Crippen molar-refractivity contribution >= 4 is 33.3 Å². The molecule has 2 aromatic rings. The monoisotopic (exact) mass is 330 g/mol. The lowest BCUT2D eigenvalue weighted by Crippen LogP contribution is -2.02. The van der Waals surface area contributed by atoms with Crippen LogP contribution in [0.1, 0.15) is 5.56 Å². The van der Waals surface area contributed by atoms with Crippen molar-refractivity contribution in [3.8, 4) is 5.75 Å². The van der Waals surface area contributed by atoms with E-state index < -0.39 is 5.82 Å². The molecule has 0 unspecified atom stereocenters. The van der Waals surface area contributed by atoms with Gasteiger partial charge in [0.15, 0.2) is 0 Å². The second kappa shape index (κ2) is 5.54. The molecule has 0 radical (unpaired) electrons. The van der Waals surface area contributed by atoms with E-state index in [0.717, 1.165) is 5.56 Å². The van der Waals surface area contributed by atoms with Crippen molar-refractivity contribution in [2.45, 2.75) is 6.61 Å². The highest BCUT2D eigenvalue weighted by Crippen LogP contribution is 2.31. The van der Waals surface area contributed by atoms with Crippen LogP contribution in [-0.4, -0.2) is 4.98 Å². The van der Waals surface area contributed by atoms with Crippen LogP contribution in [0.4, 0.5) is 10.2 Å². The lowest BCUT2D eigenvalue weighted by molar-refractivity contribution is 0.305. The average Bonchev–Trinajstić information content (AvgIpc) is 2.34. The predicted octanol–water partition coefficient (Wildman–Crippen LogP) is 3.80. The maximum atomic E-state index is 13.3. The first-order valence-electron chi connectivity index (χ1n) is 5.04. The third-order valence-corrected chi connectivity index (χ3v) is 3.19. The molecule has 0 amide bonds. The van der Waals surface area contributed by atoms with Gasteiger partial charge in [0.05, 0.1) is 9.50 Å². The van der Waals surface area contributed by atoms with E-state index in [1.807, 2.05) is 0 Å². The summed E-state index contributed by atoms with van der Waals surface area (Å²) in [5.74, 6) is 0.209. The van der Waals surface area contributed by atoms with Crippen molar-refractivity contribution < 1.29 is 9.13 Å². The van der Waals surface area contributed by atoms with Crippen LogP contribution < -0.4 is 10.5 Å². The second-order valence-electron chi connectivity index (χ2n) is 3.53. The van der Waals surface area contributed by atoms with E-state index in [1.54, 1.807) is 18.3 Å². The molecule has 0 fully saturated rings. The van der Waals surface area contributed by atoms with Crippen LogP contribution >= 0.6 is 27.5 Å². The van der Waals surface area contributed by atoms with Gasteiger partial charge in [0.25, 0.3) is 0 Å². The van der Waals surface area contributed by atoms with Crippen molar-refractivity contribution in [3.63, 3.8) is 0 Å². The minimum absolute atomic E-state index is 0.181. The summed E-state index contributed by atoms with van der Waals surface area (Å²) in [5.41, 5.74) is 6.39. The summed E-state index contributed by atoms with van der Waals surface area (Å²) in [5, 5.41) is 0.325. The number of aromatic nitrogens is 1. The molecule has 0 atom stereocenters. The van der Waals surface area contributed by atoms with Gasteiger partial charge in [0, 0.05) is 17.8 Å². The molecule has 0 aliphatic heterocycles. The quantitative estimate of drug-likeness (QED) is 0.870. The summed E-state index contributed by atoms with van der Waals surface area (Å²) >= 11 is 8.98. The van der Waals surface area contributed by atoms with Gasteiger partial charge in [-0.1, -0.05) is 17.7 Å². The van der Waals surface area contributed by atoms with E-state index in [4.69, 9.17) is 22.1 Å². The highest BCUT2D eigenvalue weighted by Gasteiger charge is 2.09. The van der Waals surface area contributed by atoms with Crippen LogP contribution in [0.3, 0.4) is 0 Å². The molecule has 1 heterocycles. The Morgan fingerprint density at radius 3 is 2.94 bits per heavy atom. The third kappa shape index (κ3) is 2.91. The predicted molar refractivity (Wildman–Crippen MR) is 72.1 cm³/mol. The molecule has 3 nitrogen and oxygen atoms in total. The van der Waals surface area contributed by atoms with E-state index >= 15 is 0 Å². The zero-order chi connectivity index (χ0) is 13.1. The molecule has 0 aliphatic carbocycles. The summed E-state index contributed by atoms with van der Waals surface area (Å²) < 4.78 is 19.1. The van der Waals surface area contributed by atoms with Gasteiger partial charge in [-0.05, 0) is 28.1 Å². The Kier molecular flexibility index (Phi) is 4.04. The Hall–Kier alpha value is -1.33. The highest BCUT2D eigenvalue weighted by molar-refractivity contribution is 9.10. The molecule has 0 saturated heterocycles. The smallest absolute Gasteiger partial charge is 0.141 e. The van der Waals surface area contributed by atoms with Crippen molar-refractivity contribution in [1.29, 1.82) is 0 Å². The number of rotatable bonds is 3. The van der Waals surface area contributed by atoms with E-state index in [2.05, 4.69) is 20.9 Å². The summed E-state index contributed by atoms with van der Waals surface area (Å²) in [6.07, 6.45) is 1.59. The van der Waals surface area contributed by atoms with Gasteiger partial charge in [0.1, 0.15) is 24.0 Å². The molecule has 0 aliphatic rings. The lowest BCUT2D eigenvalue weighted by atomic mass is 10.2.